The second-order valence-corrected chi connectivity index (χ2v) is 6.09. The molecule has 0 atom stereocenters. The van der Waals surface area contributed by atoms with E-state index in [1.54, 1.807) is 39.2 Å². The second-order valence-electron chi connectivity index (χ2n) is 5.06. The monoisotopic (exact) mass is 269 g/mol. The van der Waals surface area contributed by atoms with Crippen LogP contribution < -0.4 is 0 Å². The third-order valence-corrected chi connectivity index (χ3v) is 3.13. The quantitative estimate of drug-likeness (QED) is 0.623. The Bertz CT molecular complexity index is 406. The lowest BCUT2D eigenvalue weighted by Gasteiger charge is -2.21. The number of nitrogens with zero attached hydrogens (tertiary/aromatic N) is 1. The highest BCUT2D eigenvalue weighted by Gasteiger charge is 2.25. The summed E-state index contributed by atoms with van der Waals surface area (Å²) >= 11 is 1.64. The summed E-state index contributed by atoms with van der Waals surface area (Å²) in [7, 11) is 1.61. The molecule has 0 spiro atoms. The Hall–Kier alpha value is -1.36. The Kier molecular flexibility index (Phi) is 4.90. The molecule has 1 aromatic rings. The van der Waals surface area contributed by atoms with Gasteiger partial charge in [-0.1, -0.05) is 6.07 Å². The van der Waals surface area contributed by atoms with E-state index in [0.717, 1.165) is 6.42 Å². The molecule has 0 aromatic carbocycles. The van der Waals surface area contributed by atoms with Gasteiger partial charge < -0.3 is 9.64 Å². The molecule has 0 radical (unpaired) electrons. The molecule has 18 heavy (non-hydrogen) atoms. The van der Waals surface area contributed by atoms with Crippen molar-refractivity contribution in [2.45, 2.75) is 32.8 Å². The molecule has 1 rings (SSSR count). The zero-order valence-electron chi connectivity index (χ0n) is 11.2. The Morgan fingerprint density at radius 3 is 2.56 bits per heavy atom. The van der Waals surface area contributed by atoms with Crippen LogP contribution in [0.3, 0.4) is 0 Å². The van der Waals surface area contributed by atoms with Gasteiger partial charge in [0, 0.05) is 18.5 Å². The molecule has 0 unspecified atom stereocenters. The normalized spacial score (nSPS) is 11.1. The summed E-state index contributed by atoms with van der Waals surface area (Å²) < 4.78 is 5.03. The van der Waals surface area contributed by atoms with Crippen LogP contribution in [-0.4, -0.2) is 36.0 Å². The van der Waals surface area contributed by atoms with Gasteiger partial charge in [0.25, 0.3) is 0 Å². The van der Waals surface area contributed by atoms with Gasteiger partial charge in [-0.3, -0.25) is 4.79 Å². The third-order valence-electron chi connectivity index (χ3n) is 2.19. The van der Waals surface area contributed by atoms with Crippen LogP contribution in [-0.2, 0) is 20.7 Å². The zero-order valence-corrected chi connectivity index (χ0v) is 12.0. The first-order chi connectivity index (χ1) is 8.29. The van der Waals surface area contributed by atoms with Crippen molar-refractivity contribution in [1.29, 1.82) is 0 Å². The minimum Gasteiger partial charge on any atom is -0.453 e. The maximum atomic E-state index is 11.7. The lowest BCUT2D eigenvalue weighted by atomic mass is 10.2. The molecule has 0 aliphatic rings. The van der Waals surface area contributed by atoms with E-state index < -0.39 is 17.5 Å². The second kappa shape index (κ2) is 6.00. The van der Waals surface area contributed by atoms with Crippen LogP contribution in [0, 0.1) is 0 Å². The van der Waals surface area contributed by atoms with Crippen LogP contribution in [0.1, 0.15) is 25.6 Å². The number of ether oxygens (including phenoxy) is 1. The molecule has 1 heterocycles. The van der Waals surface area contributed by atoms with Gasteiger partial charge in [-0.15, -0.1) is 11.3 Å². The van der Waals surface area contributed by atoms with Gasteiger partial charge in [-0.05, 0) is 38.6 Å². The first-order valence-electron chi connectivity index (χ1n) is 5.80. The van der Waals surface area contributed by atoms with E-state index in [9.17, 15) is 9.59 Å². The molecule has 0 saturated carbocycles. The van der Waals surface area contributed by atoms with Crippen molar-refractivity contribution in [3.8, 4) is 0 Å². The minimum absolute atomic E-state index is 0.512. The average Bonchev–Trinajstić information content (AvgIpc) is 2.75. The number of thiophene rings is 1. The van der Waals surface area contributed by atoms with Gasteiger partial charge in [0.05, 0.1) is 0 Å². The Labute approximate surface area is 112 Å². The molecule has 0 aliphatic heterocycles. The standard InChI is InChI=1S/C13H19NO3S/c1-13(2,3)17-12(16)11(15)14(4)8-7-10-6-5-9-18-10/h5-6,9H,7-8H2,1-4H3. The van der Waals surface area contributed by atoms with Crippen molar-refractivity contribution in [3.63, 3.8) is 0 Å². The fraction of sp³-hybridized carbons (Fsp3) is 0.538. The number of amides is 1. The Morgan fingerprint density at radius 1 is 1.39 bits per heavy atom. The van der Waals surface area contributed by atoms with E-state index in [1.807, 2.05) is 17.5 Å². The third kappa shape index (κ3) is 4.87. The highest BCUT2D eigenvalue weighted by atomic mass is 32.1. The van der Waals surface area contributed by atoms with E-state index in [1.165, 1.54) is 9.78 Å². The van der Waals surface area contributed by atoms with E-state index >= 15 is 0 Å². The predicted molar refractivity (Wildman–Crippen MR) is 71.5 cm³/mol. The molecule has 4 nitrogen and oxygen atoms in total. The van der Waals surface area contributed by atoms with Crippen LogP contribution in [0.5, 0.6) is 0 Å². The maximum absolute atomic E-state index is 11.7. The van der Waals surface area contributed by atoms with E-state index in [0.29, 0.717) is 6.54 Å². The SMILES string of the molecule is CN(CCc1cccs1)C(=O)C(=O)OC(C)(C)C. The summed E-state index contributed by atoms with van der Waals surface area (Å²) in [4.78, 5) is 25.9. The molecule has 0 bridgehead atoms. The number of carbonyl (C=O) groups is 2. The van der Waals surface area contributed by atoms with Crippen molar-refractivity contribution in [2.75, 3.05) is 13.6 Å². The largest absolute Gasteiger partial charge is 0.453 e. The average molecular weight is 269 g/mol. The van der Waals surface area contributed by atoms with E-state index in [4.69, 9.17) is 4.74 Å². The van der Waals surface area contributed by atoms with Crippen molar-refractivity contribution in [2.24, 2.45) is 0 Å². The molecule has 5 heteroatoms. The fourth-order valence-corrected chi connectivity index (χ4v) is 2.01. The smallest absolute Gasteiger partial charge is 0.397 e. The lowest BCUT2D eigenvalue weighted by molar-refractivity contribution is -0.167. The minimum atomic E-state index is -0.795. The predicted octanol–water partition coefficient (Wildman–Crippen LogP) is 2.09. The lowest BCUT2D eigenvalue weighted by Crippen LogP contribution is -2.39. The van der Waals surface area contributed by atoms with Crippen molar-refractivity contribution in [3.05, 3.63) is 22.4 Å². The molecule has 0 N–H and O–H groups in total. The summed E-state index contributed by atoms with van der Waals surface area (Å²) in [5.74, 6) is -1.39. The molecule has 0 aliphatic carbocycles. The van der Waals surface area contributed by atoms with Gasteiger partial charge in [0.2, 0.25) is 0 Å². The number of esters is 1. The summed E-state index contributed by atoms with van der Waals surface area (Å²) in [6.45, 7) is 5.73. The van der Waals surface area contributed by atoms with Crippen LogP contribution in [0.15, 0.2) is 17.5 Å². The van der Waals surface area contributed by atoms with E-state index in [-0.39, 0.29) is 0 Å². The Morgan fingerprint density at radius 2 is 2.06 bits per heavy atom. The van der Waals surface area contributed by atoms with Crippen LogP contribution in [0.4, 0.5) is 0 Å². The van der Waals surface area contributed by atoms with Gasteiger partial charge in [0.15, 0.2) is 0 Å². The molecule has 1 amide bonds. The topological polar surface area (TPSA) is 46.6 Å². The molecule has 0 fully saturated rings. The van der Waals surface area contributed by atoms with Gasteiger partial charge >= 0.3 is 11.9 Å². The first-order valence-corrected chi connectivity index (χ1v) is 6.68. The molecule has 0 saturated heterocycles. The summed E-state index contributed by atoms with van der Waals surface area (Å²) in [5.41, 5.74) is -0.638. The summed E-state index contributed by atoms with van der Waals surface area (Å²) in [6.07, 6.45) is 0.753. The summed E-state index contributed by atoms with van der Waals surface area (Å²) in [6, 6.07) is 3.98. The fourth-order valence-electron chi connectivity index (χ4n) is 1.31. The van der Waals surface area contributed by atoms with Gasteiger partial charge in [0.1, 0.15) is 5.60 Å². The van der Waals surface area contributed by atoms with Crippen molar-refractivity contribution < 1.29 is 14.3 Å². The van der Waals surface area contributed by atoms with Crippen LogP contribution in [0.2, 0.25) is 0 Å². The van der Waals surface area contributed by atoms with Crippen molar-refractivity contribution in [1.82, 2.24) is 4.90 Å². The van der Waals surface area contributed by atoms with Crippen LogP contribution in [0.25, 0.3) is 0 Å². The number of hydrogen-bond donors (Lipinski definition) is 0. The molecule has 100 valence electrons. The number of hydrogen-bond acceptors (Lipinski definition) is 4. The van der Waals surface area contributed by atoms with Gasteiger partial charge in [-0.2, -0.15) is 0 Å². The van der Waals surface area contributed by atoms with E-state index in [2.05, 4.69) is 0 Å². The molecular weight excluding hydrogens is 250 g/mol. The summed E-state index contributed by atoms with van der Waals surface area (Å²) in [5, 5.41) is 1.99. The Balaban J connectivity index is 2.43. The number of carbonyl (C=O) groups excluding carboxylic acids is 2. The highest BCUT2D eigenvalue weighted by molar-refractivity contribution is 7.09. The van der Waals surface area contributed by atoms with Crippen molar-refractivity contribution >= 4 is 23.2 Å². The number of rotatable bonds is 3. The van der Waals surface area contributed by atoms with Gasteiger partial charge in [-0.25, -0.2) is 4.79 Å². The molecule has 1 aromatic heterocycles. The molecular formula is C13H19NO3S. The first kappa shape index (κ1) is 14.7. The zero-order chi connectivity index (χ0) is 13.8. The number of likely N-dealkylation sites (N-methyl/N-ethyl adjacent to an activating group) is 1. The maximum Gasteiger partial charge on any atom is 0.397 e. The highest BCUT2D eigenvalue weighted by Crippen LogP contribution is 2.10. The van der Waals surface area contributed by atoms with Crippen LogP contribution >= 0.6 is 11.3 Å².